The summed E-state index contributed by atoms with van der Waals surface area (Å²) < 4.78 is 16.0. The molecule has 0 spiro atoms. The van der Waals surface area contributed by atoms with Gasteiger partial charge in [0.25, 0.3) is 0 Å². The van der Waals surface area contributed by atoms with Gasteiger partial charge >= 0.3 is 0 Å². The summed E-state index contributed by atoms with van der Waals surface area (Å²) >= 11 is 0. The summed E-state index contributed by atoms with van der Waals surface area (Å²) in [6.07, 6.45) is 3.46. The van der Waals surface area contributed by atoms with Gasteiger partial charge in [0.1, 0.15) is 11.3 Å². The molecule has 1 heterocycles. The zero-order chi connectivity index (χ0) is 12.5. The molecular formula is C14H18FN3. The van der Waals surface area contributed by atoms with Crippen LogP contribution < -0.4 is 5.32 Å². The zero-order valence-corrected chi connectivity index (χ0v) is 10.6. The first-order valence-corrected chi connectivity index (χ1v) is 6.67. The zero-order valence-electron chi connectivity index (χ0n) is 10.6. The third-order valence-corrected chi connectivity index (χ3v) is 3.37. The molecule has 0 aliphatic heterocycles. The summed E-state index contributed by atoms with van der Waals surface area (Å²) in [4.78, 5) is 4.47. The van der Waals surface area contributed by atoms with Crippen LogP contribution in [0.1, 0.15) is 38.1 Å². The molecule has 1 fully saturated rings. The number of halogens is 1. The van der Waals surface area contributed by atoms with E-state index in [2.05, 4.69) is 21.8 Å². The Labute approximate surface area is 106 Å². The van der Waals surface area contributed by atoms with Crippen LogP contribution in [0, 0.1) is 5.82 Å². The quantitative estimate of drug-likeness (QED) is 0.823. The van der Waals surface area contributed by atoms with Crippen molar-refractivity contribution in [3.05, 3.63) is 29.8 Å². The maximum atomic E-state index is 13.8. The number of para-hydroxylation sites is 1. The SMILES string of the molecule is CCCNCc1nc2c(F)cccc2n1C1CC1. The molecule has 1 aromatic carbocycles. The Hall–Kier alpha value is -1.42. The molecule has 18 heavy (non-hydrogen) atoms. The topological polar surface area (TPSA) is 29.9 Å². The summed E-state index contributed by atoms with van der Waals surface area (Å²) in [5.41, 5.74) is 1.45. The summed E-state index contributed by atoms with van der Waals surface area (Å²) in [5, 5.41) is 3.35. The minimum absolute atomic E-state index is 0.219. The van der Waals surface area contributed by atoms with Crippen LogP contribution >= 0.6 is 0 Å². The molecule has 0 radical (unpaired) electrons. The van der Waals surface area contributed by atoms with Crippen LogP contribution in [-0.2, 0) is 6.54 Å². The van der Waals surface area contributed by atoms with Crippen molar-refractivity contribution in [2.75, 3.05) is 6.54 Å². The van der Waals surface area contributed by atoms with Crippen molar-refractivity contribution < 1.29 is 4.39 Å². The molecule has 96 valence electrons. The van der Waals surface area contributed by atoms with E-state index < -0.39 is 0 Å². The van der Waals surface area contributed by atoms with E-state index in [9.17, 15) is 4.39 Å². The van der Waals surface area contributed by atoms with Crippen LogP contribution in [0.25, 0.3) is 11.0 Å². The van der Waals surface area contributed by atoms with Crippen LogP contribution in [0.4, 0.5) is 4.39 Å². The number of rotatable bonds is 5. The van der Waals surface area contributed by atoms with E-state index in [0.717, 1.165) is 30.9 Å². The molecule has 0 atom stereocenters. The minimum atomic E-state index is -0.219. The van der Waals surface area contributed by atoms with E-state index in [1.54, 1.807) is 6.07 Å². The normalized spacial score (nSPS) is 15.4. The molecule has 1 aliphatic rings. The average Bonchev–Trinajstić information content (AvgIpc) is 3.12. The number of hydrogen-bond donors (Lipinski definition) is 1. The summed E-state index contributed by atoms with van der Waals surface area (Å²) in [5.74, 6) is 0.745. The number of aromatic nitrogens is 2. The molecule has 1 aromatic heterocycles. The summed E-state index contributed by atoms with van der Waals surface area (Å²) in [7, 11) is 0. The fraction of sp³-hybridized carbons (Fsp3) is 0.500. The maximum Gasteiger partial charge on any atom is 0.151 e. The molecule has 2 aromatic rings. The van der Waals surface area contributed by atoms with Crippen molar-refractivity contribution in [2.45, 2.75) is 38.8 Å². The Balaban J connectivity index is 2.01. The van der Waals surface area contributed by atoms with Gasteiger partial charge in [-0.3, -0.25) is 0 Å². The number of benzene rings is 1. The van der Waals surface area contributed by atoms with E-state index in [1.165, 1.54) is 18.9 Å². The van der Waals surface area contributed by atoms with E-state index in [1.807, 2.05) is 6.07 Å². The first-order chi connectivity index (χ1) is 8.81. The van der Waals surface area contributed by atoms with Gasteiger partial charge < -0.3 is 9.88 Å². The maximum absolute atomic E-state index is 13.8. The molecule has 0 bridgehead atoms. The van der Waals surface area contributed by atoms with Crippen molar-refractivity contribution in [3.8, 4) is 0 Å². The molecule has 0 amide bonds. The Morgan fingerprint density at radius 3 is 3.00 bits per heavy atom. The highest BCUT2D eigenvalue weighted by Crippen LogP contribution is 2.38. The molecule has 4 heteroatoms. The first kappa shape index (κ1) is 11.7. The van der Waals surface area contributed by atoms with Gasteiger partial charge in [-0.25, -0.2) is 9.37 Å². The van der Waals surface area contributed by atoms with Gasteiger partial charge in [0, 0.05) is 6.04 Å². The molecule has 1 saturated carbocycles. The number of imidazole rings is 1. The third kappa shape index (κ3) is 2.01. The number of nitrogens with zero attached hydrogens (tertiary/aromatic N) is 2. The second-order valence-electron chi connectivity index (χ2n) is 4.91. The lowest BCUT2D eigenvalue weighted by Crippen LogP contribution is -2.17. The van der Waals surface area contributed by atoms with Gasteiger partial charge in [0.05, 0.1) is 12.1 Å². The van der Waals surface area contributed by atoms with Crippen LogP contribution in [0.15, 0.2) is 18.2 Å². The molecule has 3 nitrogen and oxygen atoms in total. The lowest BCUT2D eigenvalue weighted by Gasteiger charge is -2.08. The van der Waals surface area contributed by atoms with E-state index >= 15 is 0 Å². The smallest absolute Gasteiger partial charge is 0.151 e. The Bertz CT molecular complexity index is 557. The fourth-order valence-electron chi connectivity index (χ4n) is 2.37. The highest BCUT2D eigenvalue weighted by Gasteiger charge is 2.28. The lowest BCUT2D eigenvalue weighted by atomic mass is 10.3. The molecule has 1 N–H and O–H groups in total. The van der Waals surface area contributed by atoms with Crippen molar-refractivity contribution in [3.63, 3.8) is 0 Å². The third-order valence-electron chi connectivity index (χ3n) is 3.37. The Morgan fingerprint density at radius 1 is 1.44 bits per heavy atom. The average molecular weight is 247 g/mol. The molecular weight excluding hydrogens is 229 g/mol. The minimum Gasteiger partial charge on any atom is -0.324 e. The lowest BCUT2D eigenvalue weighted by molar-refractivity contribution is 0.608. The predicted octanol–water partition coefficient (Wildman–Crippen LogP) is 3.01. The predicted molar refractivity (Wildman–Crippen MR) is 70.0 cm³/mol. The van der Waals surface area contributed by atoms with Gasteiger partial charge in [-0.15, -0.1) is 0 Å². The fourth-order valence-corrected chi connectivity index (χ4v) is 2.37. The molecule has 1 aliphatic carbocycles. The van der Waals surface area contributed by atoms with Crippen LogP contribution in [0.3, 0.4) is 0 Å². The number of nitrogens with one attached hydrogen (secondary N) is 1. The highest BCUT2D eigenvalue weighted by atomic mass is 19.1. The summed E-state index contributed by atoms with van der Waals surface area (Å²) in [6.45, 7) is 3.82. The van der Waals surface area contributed by atoms with Crippen molar-refractivity contribution in [1.82, 2.24) is 14.9 Å². The van der Waals surface area contributed by atoms with E-state index in [4.69, 9.17) is 0 Å². The van der Waals surface area contributed by atoms with Crippen LogP contribution in [-0.4, -0.2) is 16.1 Å². The van der Waals surface area contributed by atoms with Gasteiger partial charge in [0.2, 0.25) is 0 Å². The Morgan fingerprint density at radius 2 is 2.28 bits per heavy atom. The molecule has 0 saturated heterocycles. The summed E-state index contributed by atoms with van der Waals surface area (Å²) in [6, 6.07) is 5.74. The molecule has 3 rings (SSSR count). The van der Waals surface area contributed by atoms with Gasteiger partial charge in [0.15, 0.2) is 5.82 Å². The highest BCUT2D eigenvalue weighted by molar-refractivity contribution is 5.77. The van der Waals surface area contributed by atoms with E-state index in [0.29, 0.717) is 11.6 Å². The van der Waals surface area contributed by atoms with Gasteiger partial charge in [-0.2, -0.15) is 0 Å². The number of hydrogen-bond acceptors (Lipinski definition) is 2. The van der Waals surface area contributed by atoms with Gasteiger partial charge in [-0.05, 0) is 37.9 Å². The standard InChI is InChI=1S/C14H18FN3/c1-2-8-16-9-13-17-14-11(15)4-3-5-12(14)18(13)10-6-7-10/h3-5,10,16H,2,6-9H2,1H3. The Kier molecular flexibility index (Phi) is 3.04. The molecule has 0 unspecified atom stereocenters. The monoisotopic (exact) mass is 247 g/mol. The van der Waals surface area contributed by atoms with Crippen molar-refractivity contribution in [2.24, 2.45) is 0 Å². The second kappa shape index (κ2) is 4.69. The largest absolute Gasteiger partial charge is 0.324 e. The second-order valence-corrected chi connectivity index (χ2v) is 4.91. The first-order valence-electron chi connectivity index (χ1n) is 6.67. The van der Waals surface area contributed by atoms with Crippen LogP contribution in [0.2, 0.25) is 0 Å². The van der Waals surface area contributed by atoms with Crippen molar-refractivity contribution >= 4 is 11.0 Å². The van der Waals surface area contributed by atoms with Crippen LogP contribution in [0.5, 0.6) is 0 Å². The van der Waals surface area contributed by atoms with E-state index in [-0.39, 0.29) is 5.82 Å². The van der Waals surface area contributed by atoms with Crippen molar-refractivity contribution in [1.29, 1.82) is 0 Å². The van der Waals surface area contributed by atoms with Gasteiger partial charge in [-0.1, -0.05) is 13.0 Å². The number of fused-ring (bicyclic) bond motifs is 1.